The number of aromatic nitrogens is 2. The number of hydrogen-bond donors (Lipinski definition) is 0. The van der Waals surface area contributed by atoms with Gasteiger partial charge in [-0.05, 0) is 49.9 Å². The lowest BCUT2D eigenvalue weighted by Crippen LogP contribution is -2.27. The van der Waals surface area contributed by atoms with E-state index >= 15 is 0 Å². The van der Waals surface area contributed by atoms with E-state index in [2.05, 4.69) is 29.2 Å². The van der Waals surface area contributed by atoms with Gasteiger partial charge in [-0.15, -0.1) is 0 Å². The second kappa shape index (κ2) is 10.5. The molecule has 1 aromatic heterocycles. The summed E-state index contributed by atoms with van der Waals surface area (Å²) < 4.78 is 16.9. The molecule has 7 heteroatoms. The zero-order chi connectivity index (χ0) is 23.2. The Bertz CT molecular complexity index is 1080. The van der Waals surface area contributed by atoms with Gasteiger partial charge in [0.25, 0.3) is 0 Å². The monoisotopic (exact) mass is 449 g/mol. The first-order valence-electron chi connectivity index (χ1n) is 11.7. The number of likely N-dealkylation sites (tertiary alicyclic amines) is 1. The molecule has 1 amide bonds. The molecule has 1 unspecified atom stereocenters. The Hall–Kier alpha value is -3.35. The molecule has 1 saturated heterocycles. The van der Waals surface area contributed by atoms with Gasteiger partial charge in [0.15, 0.2) is 11.5 Å². The molecule has 0 saturated carbocycles. The average Bonchev–Trinajstić information content (AvgIpc) is 3.46. The highest BCUT2D eigenvalue weighted by atomic mass is 16.5. The molecule has 2 heterocycles. The van der Waals surface area contributed by atoms with Crippen LogP contribution in [0.4, 0.5) is 0 Å². The summed E-state index contributed by atoms with van der Waals surface area (Å²) in [6, 6.07) is 14.1. The Morgan fingerprint density at radius 1 is 1.00 bits per heavy atom. The van der Waals surface area contributed by atoms with Crippen molar-refractivity contribution >= 4 is 5.91 Å². The molecular weight excluding hydrogens is 418 g/mol. The Morgan fingerprint density at radius 3 is 2.45 bits per heavy atom. The molecule has 1 atom stereocenters. The Balaban J connectivity index is 1.38. The smallest absolute Gasteiger partial charge is 0.232 e. The summed E-state index contributed by atoms with van der Waals surface area (Å²) in [5.41, 5.74) is 3.29. The van der Waals surface area contributed by atoms with Crippen molar-refractivity contribution in [3.63, 3.8) is 0 Å². The lowest BCUT2D eigenvalue weighted by atomic mass is 10.1. The van der Waals surface area contributed by atoms with E-state index in [1.807, 2.05) is 49.1 Å². The molecule has 1 aliphatic heterocycles. The number of carbonyl (C=O) groups is 1. The minimum absolute atomic E-state index is 0.0759. The molecule has 4 rings (SSSR count). The van der Waals surface area contributed by atoms with Gasteiger partial charge in [0.1, 0.15) is 0 Å². The first-order valence-corrected chi connectivity index (χ1v) is 11.7. The van der Waals surface area contributed by atoms with E-state index in [1.165, 1.54) is 5.56 Å². The van der Waals surface area contributed by atoms with Crippen LogP contribution in [0.15, 0.2) is 47.0 Å². The van der Waals surface area contributed by atoms with E-state index in [-0.39, 0.29) is 11.8 Å². The van der Waals surface area contributed by atoms with Crippen molar-refractivity contribution in [1.29, 1.82) is 0 Å². The van der Waals surface area contributed by atoms with Gasteiger partial charge in [0.2, 0.25) is 17.6 Å². The molecule has 33 heavy (non-hydrogen) atoms. The SMILES string of the molecule is CCOc1ccc(CCN2CC(c3nc(-c4ccc(CC)cc4)no3)CC2=O)cc1OCC. The predicted octanol–water partition coefficient (Wildman–Crippen LogP) is 4.66. The Labute approximate surface area is 194 Å². The first kappa shape index (κ1) is 22.8. The predicted molar refractivity (Wildman–Crippen MR) is 126 cm³/mol. The largest absolute Gasteiger partial charge is 0.490 e. The van der Waals surface area contributed by atoms with Gasteiger partial charge in [-0.25, -0.2) is 0 Å². The molecule has 1 fully saturated rings. The summed E-state index contributed by atoms with van der Waals surface area (Å²) in [5.74, 6) is 2.62. The second-order valence-corrected chi connectivity index (χ2v) is 8.14. The van der Waals surface area contributed by atoms with Gasteiger partial charge in [-0.1, -0.05) is 42.4 Å². The van der Waals surface area contributed by atoms with E-state index < -0.39 is 0 Å². The third kappa shape index (κ3) is 5.35. The van der Waals surface area contributed by atoms with Crippen molar-refractivity contribution in [3.8, 4) is 22.9 Å². The number of carbonyl (C=O) groups excluding carboxylic acids is 1. The number of benzene rings is 2. The van der Waals surface area contributed by atoms with Gasteiger partial charge >= 0.3 is 0 Å². The van der Waals surface area contributed by atoms with Crippen LogP contribution in [0.2, 0.25) is 0 Å². The molecule has 7 nitrogen and oxygen atoms in total. The van der Waals surface area contributed by atoms with Gasteiger partial charge in [-0.2, -0.15) is 4.98 Å². The maximum absolute atomic E-state index is 12.6. The van der Waals surface area contributed by atoms with Crippen molar-refractivity contribution < 1.29 is 18.8 Å². The van der Waals surface area contributed by atoms with Gasteiger partial charge < -0.3 is 18.9 Å². The number of amides is 1. The van der Waals surface area contributed by atoms with E-state index in [0.29, 0.717) is 44.4 Å². The summed E-state index contributed by atoms with van der Waals surface area (Å²) in [6.45, 7) is 8.41. The van der Waals surface area contributed by atoms with Crippen molar-refractivity contribution in [1.82, 2.24) is 15.0 Å². The van der Waals surface area contributed by atoms with Crippen LogP contribution in [0.5, 0.6) is 11.5 Å². The molecule has 0 spiro atoms. The van der Waals surface area contributed by atoms with Crippen LogP contribution >= 0.6 is 0 Å². The molecule has 0 bridgehead atoms. The minimum atomic E-state index is -0.0759. The maximum Gasteiger partial charge on any atom is 0.232 e. The molecule has 0 radical (unpaired) electrons. The highest BCUT2D eigenvalue weighted by Gasteiger charge is 2.34. The van der Waals surface area contributed by atoms with Crippen LogP contribution in [-0.2, 0) is 17.6 Å². The standard InChI is InChI=1S/C26H31N3O4/c1-4-18-7-10-20(11-8-18)25-27-26(33-28-25)21-16-24(30)29(17-21)14-13-19-9-12-22(31-5-2)23(15-19)32-6-3/h7-12,15,21H,4-6,13-14,16-17H2,1-3H3. The lowest BCUT2D eigenvalue weighted by molar-refractivity contribution is -0.127. The number of hydrogen-bond acceptors (Lipinski definition) is 6. The van der Waals surface area contributed by atoms with Crippen molar-refractivity contribution in [2.45, 2.75) is 46.0 Å². The molecular formula is C26H31N3O4. The van der Waals surface area contributed by atoms with Gasteiger partial charge in [-0.3, -0.25) is 4.79 Å². The van der Waals surface area contributed by atoms with Crippen LogP contribution in [0.1, 0.15) is 50.1 Å². The molecule has 1 aliphatic rings. The molecule has 3 aromatic rings. The van der Waals surface area contributed by atoms with Crippen molar-refractivity contribution in [2.24, 2.45) is 0 Å². The van der Waals surface area contributed by atoms with Crippen molar-refractivity contribution in [2.75, 3.05) is 26.3 Å². The highest BCUT2D eigenvalue weighted by Crippen LogP contribution is 2.31. The third-order valence-electron chi connectivity index (χ3n) is 5.90. The highest BCUT2D eigenvalue weighted by molar-refractivity contribution is 5.79. The fourth-order valence-electron chi connectivity index (χ4n) is 4.08. The fourth-order valence-corrected chi connectivity index (χ4v) is 4.08. The number of aryl methyl sites for hydroxylation is 1. The summed E-state index contributed by atoms with van der Waals surface area (Å²) in [6.07, 6.45) is 2.12. The van der Waals surface area contributed by atoms with Crippen LogP contribution in [0.25, 0.3) is 11.4 Å². The topological polar surface area (TPSA) is 77.7 Å². The Kier molecular flexibility index (Phi) is 7.27. The number of ether oxygens (including phenoxy) is 2. The summed E-state index contributed by atoms with van der Waals surface area (Å²) in [4.78, 5) is 19.1. The van der Waals surface area contributed by atoms with E-state index in [0.717, 1.165) is 35.5 Å². The van der Waals surface area contributed by atoms with E-state index in [9.17, 15) is 4.79 Å². The molecule has 174 valence electrons. The van der Waals surface area contributed by atoms with Crippen molar-refractivity contribution in [3.05, 3.63) is 59.5 Å². The summed E-state index contributed by atoms with van der Waals surface area (Å²) in [5, 5.41) is 4.14. The number of rotatable bonds is 10. The number of nitrogens with zero attached hydrogens (tertiary/aromatic N) is 3. The molecule has 2 aromatic carbocycles. The van der Waals surface area contributed by atoms with Gasteiger partial charge in [0.05, 0.1) is 19.1 Å². The quantitative estimate of drug-likeness (QED) is 0.448. The first-order chi connectivity index (χ1) is 16.1. The average molecular weight is 450 g/mol. The zero-order valence-electron chi connectivity index (χ0n) is 19.5. The zero-order valence-corrected chi connectivity index (χ0v) is 19.5. The fraction of sp³-hybridized carbons (Fsp3) is 0.423. The molecule has 0 N–H and O–H groups in total. The third-order valence-corrected chi connectivity index (χ3v) is 5.90. The van der Waals surface area contributed by atoms with Gasteiger partial charge in [0, 0.05) is 25.1 Å². The second-order valence-electron chi connectivity index (χ2n) is 8.14. The Morgan fingerprint density at radius 2 is 1.73 bits per heavy atom. The molecule has 0 aliphatic carbocycles. The van der Waals surface area contributed by atoms with Crippen LogP contribution in [0.3, 0.4) is 0 Å². The summed E-state index contributed by atoms with van der Waals surface area (Å²) in [7, 11) is 0. The van der Waals surface area contributed by atoms with Crippen LogP contribution in [-0.4, -0.2) is 47.3 Å². The lowest BCUT2D eigenvalue weighted by Gasteiger charge is -2.17. The normalized spacial score (nSPS) is 15.8. The van der Waals surface area contributed by atoms with E-state index in [4.69, 9.17) is 14.0 Å². The summed E-state index contributed by atoms with van der Waals surface area (Å²) >= 11 is 0. The van der Waals surface area contributed by atoms with Crippen LogP contribution in [0, 0.1) is 0 Å². The van der Waals surface area contributed by atoms with Crippen LogP contribution < -0.4 is 9.47 Å². The van der Waals surface area contributed by atoms with E-state index in [1.54, 1.807) is 0 Å². The minimum Gasteiger partial charge on any atom is -0.490 e. The maximum atomic E-state index is 12.6.